The molecule has 21 heavy (non-hydrogen) atoms. The summed E-state index contributed by atoms with van der Waals surface area (Å²) in [6.45, 7) is 0.480. The van der Waals surface area contributed by atoms with Gasteiger partial charge in [-0.3, -0.25) is 0 Å². The van der Waals surface area contributed by atoms with E-state index in [1.54, 1.807) is 7.11 Å². The van der Waals surface area contributed by atoms with E-state index in [-0.39, 0.29) is 6.04 Å². The van der Waals surface area contributed by atoms with Gasteiger partial charge < -0.3 is 15.2 Å². The number of nitrogens with two attached hydrogens (primary N) is 1. The van der Waals surface area contributed by atoms with Crippen molar-refractivity contribution in [3.8, 4) is 11.5 Å². The lowest BCUT2D eigenvalue weighted by atomic mass is 10.1. The van der Waals surface area contributed by atoms with Gasteiger partial charge in [-0.15, -0.1) is 0 Å². The molecule has 0 heterocycles. The van der Waals surface area contributed by atoms with Crippen molar-refractivity contribution in [1.29, 1.82) is 0 Å². The summed E-state index contributed by atoms with van der Waals surface area (Å²) in [5.74, 6) is 1.71. The molecule has 0 bridgehead atoms. The van der Waals surface area contributed by atoms with E-state index in [0.717, 1.165) is 34.4 Å². The maximum absolute atomic E-state index is 6.05. The highest BCUT2D eigenvalue weighted by molar-refractivity contribution is 9.10. The molecule has 0 aromatic heterocycles. The van der Waals surface area contributed by atoms with Crippen LogP contribution in [0.3, 0.4) is 0 Å². The van der Waals surface area contributed by atoms with Gasteiger partial charge in [0.2, 0.25) is 0 Å². The normalized spacial score (nSPS) is 16.6. The maximum Gasteiger partial charge on any atom is 0.125 e. The summed E-state index contributed by atoms with van der Waals surface area (Å²) in [5.41, 5.74) is 9.63. The second-order valence-corrected chi connectivity index (χ2v) is 6.17. The van der Waals surface area contributed by atoms with Gasteiger partial charge in [0.05, 0.1) is 7.11 Å². The van der Waals surface area contributed by atoms with Crippen LogP contribution in [0.4, 0.5) is 0 Å². The largest absolute Gasteiger partial charge is 0.496 e. The fourth-order valence-electron chi connectivity index (χ4n) is 2.74. The van der Waals surface area contributed by atoms with Crippen LogP contribution >= 0.6 is 15.9 Å². The quantitative estimate of drug-likeness (QED) is 0.909. The number of aryl methyl sites for hydroxylation is 1. The number of hydrogen-bond acceptors (Lipinski definition) is 3. The van der Waals surface area contributed by atoms with Gasteiger partial charge in [0, 0.05) is 16.1 Å². The molecule has 0 fully saturated rings. The summed E-state index contributed by atoms with van der Waals surface area (Å²) < 4.78 is 12.3. The molecule has 0 unspecified atom stereocenters. The maximum atomic E-state index is 6.05. The average Bonchev–Trinajstić information content (AvgIpc) is 2.86. The second-order valence-electron chi connectivity index (χ2n) is 5.25. The third-order valence-corrected chi connectivity index (χ3v) is 4.37. The minimum Gasteiger partial charge on any atom is -0.496 e. The lowest BCUT2D eigenvalue weighted by Crippen LogP contribution is -2.05. The molecule has 1 atom stereocenters. The lowest BCUT2D eigenvalue weighted by molar-refractivity contribution is 0.296. The molecule has 0 aliphatic heterocycles. The Bertz CT molecular complexity index is 657. The van der Waals surface area contributed by atoms with E-state index in [2.05, 4.69) is 28.1 Å². The van der Waals surface area contributed by atoms with Crippen LogP contribution in [0, 0.1) is 0 Å². The van der Waals surface area contributed by atoms with Gasteiger partial charge in [0.15, 0.2) is 0 Å². The SMILES string of the molecule is COc1ccc(Br)cc1COc1ccc2c(c1)CC[C@H]2N. The molecule has 0 spiro atoms. The lowest BCUT2D eigenvalue weighted by Gasteiger charge is -2.12. The fraction of sp³-hybridized carbons (Fsp3) is 0.294. The van der Waals surface area contributed by atoms with Crippen LogP contribution < -0.4 is 15.2 Å². The zero-order chi connectivity index (χ0) is 14.8. The van der Waals surface area contributed by atoms with Gasteiger partial charge in [-0.1, -0.05) is 22.0 Å². The zero-order valence-electron chi connectivity index (χ0n) is 11.9. The van der Waals surface area contributed by atoms with Crippen molar-refractivity contribution >= 4 is 15.9 Å². The first-order valence-corrected chi connectivity index (χ1v) is 7.80. The fourth-order valence-corrected chi connectivity index (χ4v) is 3.15. The Morgan fingerprint density at radius 1 is 1.24 bits per heavy atom. The molecule has 2 N–H and O–H groups in total. The molecule has 0 amide bonds. The Morgan fingerprint density at radius 3 is 2.90 bits per heavy atom. The summed E-state index contributed by atoms with van der Waals surface area (Å²) in [6, 6.07) is 12.3. The van der Waals surface area contributed by atoms with Crippen LogP contribution in [-0.4, -0.2) is 7.11 Å². The van der Waals surface area contributed by atoms with E-state index in [9.17, 15) is 0 Å². The van der Waals surface area contributed by atoms with E-state index in [4.69, 9.17) is 15.2 Å². The van der Waals surface area contributed by atoms with Crippen LogP contribution in [0.25, 0.3) is 0 Å². The van der Waals surface area contributed by atoms with Crippen LogP contribution in [0.1, 0.15) is 29.2 Å². The predicted molar refractivity (Wildman–Crippen MR) is 86.7 cm³/mol. The molecular weight excluding hydrogens is 330 g/mol. The molecule has 4 heteroatoms. The minimum atomic E-state index is 0.180. The van der Waals surface area contributed by atoms with Crippen molar-refractivity contribution in [2.45, 2.75) is 25.5 Å². The van der Waals surface area contributed by atoms with Gasteiger partial charge in [-0.2, -0.15) is 0 Å². The molecule has 0 saturated heterocycles. The van der Waals surface area contributed by atoms with Crippen molar-refractivity contribution in [2.24, 2.45) is 5.73 Å². The first-order chi connectivity index (χ1) is 10.2. The standard InChI is InChI=1S/C17H18BrNO2/c1-20-17-7-3-13(18)8-12(17)10-21-14-4-5-15-11(9-14)2-6-16(15)19/h3-5,7-9,16H,2,6,10,19H2,1H3/t16-/m1/s1. The average molecular weight is 348 g/mol. The zero-order valence-corrected chi connectivity index (χ0v) is 13.5. The third-order valence-electron chi connectivity index (χ3n) is 3.88. The number of rotatable bonds is 4. The smallest absolute Gasteiger partial charge is 0.125 e. The Balaban J connectivity index is 1.75. The van der Waals surface area contributed by atoms with Gasteiger partial charge >= 0.3 is 0 Å². The van der Waals surface area contributed by atoms with E-state index >= 15 is 0 Å². The van der Waals surface area contributed by atoms with Crippen molar-refractivity contribution in [2.75, 3.05) is 7.11 Å². The van der Waals surface area contributed by atoms with Gasteiger partial charge in [0.1, 0.15) is 18.1 Å². The van der Waals surface area contributed by atoms with Gasteiger partial charge in [-0.25, -0.2) is 0 Å². The summed E-state index contributed by atoms with van der Waals surface area (Å²) in [7, 11) is 1.67. The number of benzene rings is 2. The van der Waals surface area contributed by atoms with Crippen molar-refractivity contribution in [1.82, 2.24) is 0 Å². The van der Waals surface area contributed by atoms with Crippen LogP contribution in [0.15, 0.2) is 40.9 Å². The first kappa shape index (κ1) is 14.4. The van der Waals surface area contributed by atoms with E-state index in [1.165, 1.54) is 11.1 Å². The number of methoxy groups -OCH3 is 1. The molecule has 1 aliphatic rings. The molecule has 2 aromatic carbocycles. The summed E-state index contributed by atoms with van der Waals surface area (Å²) >= 11 is 3.47. The first-order valence-electron chi connectivity index (χ1n) is 7.01. The van der Waals surface area contributed by atoms with Crippen molar-refractivity contribution in [3.05, 3.63) is 57.6 Å². The number of halogens is 1. The number of fused-ring (bicyclic) bond motifs is 1. The highest BCUT2D eigenvalue weighted by Crippen LogP contribution is 2.32. The minimum absolute atomic E-state index is 0.180. The van der Waals surface area contributed by atoms with E-state index in [0.29, 0.717) is 6.61 Å². The van der Waals surface area contributed by atoms with Gasteiger partial charge in [0.25, 0.3) is 0 Å². The Morgan fingerprint density at radius 2 is 2.10 bits per heavy atom. The van der Waals surface area contributed by atoms with Crippen molar-refractivity contribution in [3.63, 3.8) is 0 Å². The highest BCUT2D eigenvalue weighted by atomic mass is 79.9. The number of hydrogen-bond donors (Lipinski definition) is 1. The predicted octanol–water partition coefficient (Wildman–Crippen LogP) is 3.98. The monoisotopic (exact) mass is 347 g/mol. The molecular formula is C17H18BrNO2. The van der Waals surface area contributed by atoms with E-state index < -0.39 is 0 Å². The molecule has 0 saturated carbocycles. The van der Waals surface area contributed by atoms with Crippen molar-refractivity contribution < 1.29 is 9.47 Å². The van der Waals surface area contributed by atoms with Gasteiger partial charge in [-0.05, 0) is 54.3 Å². The molecule has 2 aromatic rings. The third kappa shape index (κ3) is 3.06. The van der Waals surface area contributed by atoms with Crippen LogP contribution in [-0.2, 0) is 13.0 Å². The molecule has 3 nitrogen and oxygen atoms in total. The molecule has 1 aliphatic carbocycles. The molecule has 0 radical (unpaired) electrons. The highest BCUT2D eigenvalue weighted by Gasteiger charge is 2.19. The van der Waals surface area contributed by atoms with Crippen LogP contribution in [0.5, 0.6) is 11.5 Å². The molecule has 3 rings (SSSR count). The van der Waals surface area contributed by atoms with E-state index in [1.807, 2.05) is 24.3 Å². The van der Waals surface area contributed by atoms with Crippen LogP contribution in [0.2, 0.25) is 0 Å². The topological polar surface area (TPSA) is 44.5 Å². The second kappa shape index (κ2) is 6.08. The Kier molecular flexibility index (Phi) is 4.17. The Hall–Kier alpha value is -1.52. The summed E-state index contributed by atoms with van der Waals surface area (Å²) in [6.07, 6.45) is 2.06. The molecule has 110 valence electrons. The summed E-state index contributed by atoms with van der Waals surface area (Å²) in [5, 5.41) is 0. The number of ether oxygens (including phenoxy) is 2. The Labute approximate surface area is 133 Å². The summed E-state index contributed by atoms with van der Waals surface area (Å²) in [4.78, 5) is 0.